The van der Waals surface area contributed by atoms with Crippen molar-refractivity contribution >= 4 is 54.0 Å². The second kappa shape index (κ2) is 8.52. The molecule has 1 atom stereocenters. The number of β-lactam (4-membered cyclic amide) rings is 1. The first-order chi connectivity index (χ1) is 16.3. The maximum absolute atomic E-state index is 12.8. The maximum atomic E-state index is 12.8. The van der Waals surface area contributed by atoms with E-state index in [1.54, 1.807) is 6.20 Å². The molecule has 5 aromatic rings. The number of hydrogen-bond acceptors (Lipinski definition) is 4. The van der Waals surface area contributed by atoms with Crippen LogP contribution in [0, 0.1) is 0 Å². The molecule has 1 amide bonds. The van der Waals surface area contributed by atoms with Gasteiger partial charge in [-0.25, -0.2) is 0 Å². The molecule has 6 rings (SSSR count). The fourth-order valence-corrected chi connectivity index (χ4v) is 4.57. The van der Waals surface area contributed by atoms with Crippen LogP contribution in [0.5, 0.6) is 0 Å². The van der Waals surface area contributed by atoms with Crippen molar-refractivity contribution in [2.75, 3.05) is 11.2 Å². The summed E-state index contributed by atoms with van der Waals surface area (Å²) in [6.45, 7) is 0. The van der Waals surface area contributed by atoms with Crippen molar-refractivity contribution < 1.29 is 17.8 Å². The van der Waals surface area contributed by atoms with Gasteiger partial charge in [-0.3, -0.25) is 14.3 Å². The molecule has 4 aromatic carbocycles. The lowest BCUT2D eigenvalue weighted by Crippen LogP contribution is -2.47. The van der Waals surface area contributed by atoms with Gasteiger partial charge in [-0.15, -0.1) is 0 Å². The minimum Gasteiger partial charge on any atom is -0.302 e. The van der Waals surface area contributed by atoms with Crippen LogP contribution in [0.4, 0.5) is 5.69 Å². The Morgan fingerprint density at radius 1 is 0.824 bits per heavy atom. The SMILES string of the molecule is CS(=O)(=O)O.O=C1CC(c2ccccn2)N1c1cc2c3ccccc3ccc2c2ccccc12. The highest BCUT2D eigenvalue weighted by atomic mass is 32.2. The highest BCUT2D eigenvalue weighted by molar-refractivity contribution is 7.85. The molecule has 1 fully saturated rings. The molecule has 0 radical (unpaired) electrons. The van der Waals surface area contributed by atoms with Crippen LogP contribution in [0.1, 0.15) is 18.2 Å². The predicted octanol–water partition coefficient (Wildman–Crippen LogP) is 5.52. The van der Waals surface area contributed by atoms with Crippen molar-refractivity contribution in [3.8, 4) is 0 Å². The van der Waals surface area contributed by atoms with Crippen LogP contribution < -0.4 is 4.90 Å². The van der Waals surface area contributed by atoms with Gasteiger partial charge in [-0.1, -0.05) is 66.7 Å². The molecular weight excluding hydrogens is 448 g/mol. The Labute approximate surface area is 197 Å². The fraction of sp³-hybridized carbons (Fsp3) is 0.111. The Morgan fingerprint density at radius 3 is 2.12 bits per heavy atom. The molecule has 1 aliphatic heterocycles. The summed E-state index contributed by atoms with van der Waals surface area (Å²) in [5.41, 5.74) is 1.91. The standard InChI is InChI=1S/C26H18N2O.CH4O3S/c29-26-16-25(23-11-5-6-14-27-23)28(26)24-15-22-18-8-2-1-7-17(18)12-13-20(22)19-9-3-4-10-21(19)24;1-5(2,3)4/h1-15,25H,16H2;1H3,(H,2,3,4). The molecule has 34 heavy (non-hydrogen) atoms. The molecule has 1 aromatic heterocycles. The van der Waals surface area contributed by atoms with Crippen molar-refractivity contribution in [2.24, 2.45) is 0 Å². The molecule has 1 aliphatic rings. The van der Waals surface area contributed by atoms with Gasteiger partial charge in [0, 0.05) is 11.6 Å². The second-order valence-electron chi connectivity index (χ2n) is 8.29. The lowest BCUT2D eigenvalue weighted by atomic mass is 9.91. The number of hydrogen-bond donors (Lipinski definition) is 1. The third-order valence-electron chi connectivity index (χ3n) is 5.98. The minimum absolute atomic E-state index is 0.0143. The molecule has 6 nitrogen and oxygen atoms in total. The monoisotopic (exact) mass is 470 g/mol. The lowest BCUT2D eigenvalue weighted by Gasteiger charge is -2.40. The summed E-state index contributed by atoms with van der Waals surface area (Å²) < 4.78 is 25.9. The molecule has 1 unspecified atom stereocenters. The summed E-state index contributed by atoms with van der Waals surface area (Å²) in [4.78, 5) is 19.2. The van der Waals surface area contributed by atoms with Crippen LogP contribution in [-0.4, -0.2) is 30.1 Å². The van der Waals surface area contributed by atoms with Crippen LogP contribution in [0.25, 0.3) is 32.3 Å². The van der Waals surface area contributed by atoms with Crippen LogP contribution in [0.3, 0.4) is 0 Å². The molecule has 0 saturated carbocycles. The van der Waals surface area contributed by atoms with Crippen molar-refractivity contribution in [3.05, 3.63) is 96.8 Å². The average Bonchev–Trinajstić information content (AvgIpc) is 2.82. The normalized spacial score (nSPS) is 15.8. The van der Waals surface area contributed by atoms with Crippen molar-refractivity contribution in [1.82, 2.24) is 4.98 Å². The van der Waals surface area contributed by atoms with Gasteiger partial charge >= 0.3 is 0 Å². The van der Waals surface area contributed by atoms with E-state index >= 15 is 0 Å². The van der Waals surface area contributed by atoms with Gasteiger partial charge in [0.05, 0.1) is 30.1 Å². The first-order valence-corrected chi connectivity index (χ1v) is 12.6. The number of aromatic nitrogens is 1. The van der Waals surface area contributed by atoms with Gasteiger partial charge in [0.15, 0.2) is 0 Å². The topological polar surface area (TPSA) is 87.6 Å². The quantitative estimate of drug-likeness (QED) is 0.208. The second-order valence-corrected chi connectivity index (χ2v) is 9.76. The Bertz CT molecular complexity index is 1640. The highest BCUT2D eigenvalue weighted by Gasteiger charge is 2.40. The molecule has 7 heteroatoms. The van der Waals surface area contributed by atoms with Gasteiger partial charge in [0.25, 0.3) is 10.1 Å². The lowest BCUT2D eigenvalue weighted by molar-refractivity contribution is -0.124. The molecule has 1 saturated heterocycles. The zero-order chi connectivity index (χ0) is 23.9. The van der Waals surface area contributed by atoms with Crippen molar-refractivity contribution in [1.29, 1.82) is 0 Å². The number of rotatable bonds is 2. The number of amides is 1. The van der Waals surface area contributed by atoms with E-state index in [0.29, 0.717) is 12.7 Å². The Kier molecular flexibility index (Phi) is 5.51. The van der Waals surface area contributed by atoms with Crippen molar-refractivity contribution in [2.45, 2.75) is 12.5 Å². The maximum Gasteiger partial charge on any atom is 0.261 e. The summed E-state index contributed by atoms with van der Waals surface area (Å²) in [5.74, 6) is 0.144. The number of carbonyl (C=O) groups is 1. The molecule has 0 aliphatic carbocycles. The summed E-state index contributed by atoms with van der Waals surface area (Å²) >= 11 is 0. The first kappa shape index (κ1) is 22.0. The van der Waals surface area contributed by atoms with Crippen LogP contribution >= 0.6 is 0 Å². The molecule has 170 valence electrons. The Morgan fingerprint density at radius 2 is 1.44 bits per heavy atom. The number of pyridine rings is 1. The minimum atomic E-state index is -3.67. The highest BCUT2D eigenvalue weighted by Crippen LogP contribution is 2.44. The number of benzene rings is 4. The zero-order valence-electron chi connectivity index (χ0n) is 18.4. The summed E-state index contributed by atoms with van der Waals surface area (Å²) in [7, 11) is -3.67. The molecule has 0 bridgehead atoms. The van der Waals surface area contributed by atoms with E-state index in [2.05, 4.69) is 65.6 Å². The van der Waals surface area contributed by atoms with E-state index in [9.17, 15) is 13.2 Å². The first-order valence-electron chi connectivity index (χ1n) is 10.8. The third kappa shape index (κ3) is 4.11. The molecule has 0 spiro atoms. The van der Waals surface area contributed by atoms with E-state index in [1.807, 2.05) is 29.2 Å². The van der Waals surface area contributed by atoms with Gasteiger partial charge < -0.3 is 4.90 Å². The molecule has 2 heterocycles. The van der Waals surface area contributed by atoms with Gasteiger partial charge in [-0.05, 0) is 45.1 Å². The summed E-state index contributed by atoms with van der Waals surface area (Å²) in [6.07, 6.45) is 3.01. The van der Waals surface area contributed by atoms with Crippen LogP contribution in [0.15, 0.2) is 91.1 Å². The summed E-state index contributed by atoms with van der Waals surface area (Å²) in [5, 5.41) is 7.08. The Balaban J connectivity index is 0.000000439. The van der Waals surface area contributed by atoms with Crippen LogP contribution in [0.2, 0.25) is 0 Å². The van der Waals surface area contributed by atoms with E-state index in [4.69, 9.17) is 4.55 Å². The van der Waals surface area contributed by atoms with E-state index in [0.717, 1.165) is 16.8 Å². The van der Waals surface area contributed by atoms with E-state index in [1.165, 1.54) is 26.9 Å². The third-order valence-corrected chi connectivity index (χ3v) is 5.98. The number of nitrogens with zero attached hydrogens (tertiary/aromatic N) is 2. The van der Waals surface area contributed by atoms with E-state index < -0.39 is 10.1 Å². The average molecular weight is 471 g/mol. The predicted molar refractivity (Wildman–Crippen MR) is 136 cm³/mol. The largest absolute Gasteiger partial charge is 0.302 e. The smallest absolute Gasteiger partial charge is 0.261 e. The molecule has 1 N–H and O–H groups in total. The fourth-order valence-electron chi connectivity index (χ4n) is 4.57. The summed E-state index contributed by atoms with van der Waals surface area (Å²) in [6, 6.07) is 29.2. The van der Waals surface area contributed by atoms with Gasteiger partial charge in [0.1, 0.15) is 0 Å². The number of carbonyl (C=O) groups excluding carboxylic acids is 1. The number of fused-ring (bicyclic) bond motifs is 5. The Hall–Kier alpha value is -3.81. The zero-order valence-corrected chi connectivity index (χ0v) is 19.2. The van der Waals surface area contributed by atoms with E-state index in [-0.39, 0.29) is 11.9 Å². The molecular formula is C27H22N2O4S. The number of anilines is 1. The van der Waals surface area contributed by atoms with Crippen LogP contribution in [-0.2, 0) is 14.9 Å². The van der Waals surface area contributed by atoms with Gasteiger partial charge in [0.2, 0.25) is 5.91 Å². The van der Waals surface area contributed by atoms with Gasteiger partial charge in [-0.2, -0.15) is 8.42 Å². The van der Waals surface area contributed by atoms with Crippen molar-refractivity contribution in [3.63, 3.8) is 0 Å².